The number of aliphatic imine (C=N–C) groups is 1. The summed E-state index contributed by atoms with van der Waals surface area (Å²) in [5.41, 5.74) is 0. The second kappa shape index (κ2) is 10.6. The van der Waals surface area contributed by atoms with E-state index in [1.165, 1.54) is 38.8 Å². The average molecular weight is 410 g/mol. The summed E-state index contributed by atoms with van der Waals surface area (Å²) in [6.07, 6.45) is 6.59. The van der Waals surface area contributed by atoms with E-state index >= 15 is 0 Å². The zero-order valence-electron chi connectivity index (χ0n) is 13.4. The molecule has 2 N–H and O–H groups in total. The lowest BCUT2D eigenvalue weighted by molar-refractivity contribution is 0.113. The SMILES string of the molecule is CCC(CNC(=NC)NCC1CCCO1)N1CCCC1.I. The van der Waals surface area contributed by atoms with Crippen molar-refractivity contribution < 1.29 is 4.74 Å². The molecule has 2 heterocycles. The lowest BCUT2D eigenvalue weighted by Crippen LogP contribution is -2.47. The Bertz CT molecular complexity index is 302. The molecule has 0 radical (unpaired) electrons. The molecule has 124 valence electrons. The molecule has 2 aliphatic rings. The van der Waals surface area contributed by atoms with Gasteiger partial charge in [0.25, 0.3) is 0 Å². The predicted molar refractivity (Wildman–Crippen MR) is 98.6 cm³/mol. The molecule has 2 rings (SSSR count). The second-order valence-electron chi connectivity index (χ2n) is 5.77. The fourth-order valence-electron chi connectivity index (χ4n) is 3.09. The Balaban J connectivity index is 0.00000220. The monoisotopic (exact) mass is 410 g/mol. The Morgan fingerprint density at radius 2 is 2.05 bits per heavy atom. The number of halogens is 1. The van der Waals surface area contributed by atoms with Crippen LogP contribution in [0.5, 0.6) is 0 Å². The standard InChI is InChI=1S/C15H30N4O.HI/c1-3-13(19-8-4-5-9-19)11-17-15(16-2)18-12-14-7-6-10-20-14;/h13-14H,3-12H2,1-2H3,(H2,16,17,18);1H. The van der Waals surface area contributed by atoms with Crippen LogP contribution in [-0.2, 0) is 4.74 Å². The van der Waals surface area contributed by atoms with Gasteiger partial charge in [-0.05, 0) is 45.2 Å². The Morgan fingerprint density at radius 1 is 1.29 bits per heavy atom. The van der Waals surface area contributed by atoms with E-state index in [0.29, 0.717) is 12.1 Å². The third kappa shape index (κ3) is 6.28. The van der Waals surface area contributed by atoms with Crippen molar-refractivity contribution in [2.24, 2.45) is 4.99 Å². The highest BCUT2D eigenvalue weighted by atomic mass is 127. The van der Waals surface area contributed by atoms with Crippen LogP contribution in [0.25, 0.3) is 0 Å². The van der Waals surface area contributed by atoms with Gasteiger partial charge in [0.05, 0.1) is 6.10 Å². The highest BCUT2D eigenvalue weighted by molar-refractivity contribution is 14.0. The molecule has 0 aliphatic carbocycles. The van der Waals surface area contributed by atoms with Crippen molar-refractivity contribution in [2.45, 2.75) is 51.2 Å². The minimum Gasteiger partial charge on any atom is -0.376 e. The summed E-state index contributed by atoms with van der Waals surface area (Å²) in [4.78, 5) is 6.90. The number of ether oxygens (including phenoxy) is 1. The van der Waals surface area contributed by atoms with Crippen molar-refractivity contribution in [1.29, 1.82) is 0 Å². The molecule has 2 atom stereocenters. The summed E-state index contributed by atoms with van der Waals surface area (Å²) in [7, 11) is 1.83. The van der Waals surface area contributed by atoms with Gasteiger partial charge in [-0.25, -0.2) is 0 Å². The third-order valence-corrected chi connectivity index (χ3v) is 4.38. The summed E-state index contributed by atoms with van der Waals surface area (Å²) in [6, 6.07) is 0.624. The zero-order chi connectivity index (χ0) is 14.2. The maximum absolute atomic E-state index is 5.62. The van der Waals surface area contributed by atoms with E-state index in [4.69, 9.17) is 4.74 Å². The van der Waals surface area contributed by atoms with Gasteiger partial charge in [0.2, 0.25) is 0 Å². The van der Waals surface area contributed by atoms with Crippen molar-refractivity contribution in [3.05, 3.63) is 0 Å². The van der Waals surface area contributed by atoms with Gasteiger partial charge in [-0.1, -0.05) is 6.92 Å². The molecule has 2 unspecified atom stereocenters. The highest BCUT2D eigenvalue weighted by Gasteiger charge is 2.20. The van der Waals surface area contributed by atoms with E-state index in [9.17, 15) is 0 Å². The quantitative estimate of drug-likeness (QED) is 0.399. The molecule has 5 nitrogen and oxygen atoms in total. The smallest absolute Gasteiger partial charge is 0.191 e. The van der Waals surface area contributed by atoms with E-state index < -0.39 is 0 Å². The van der Waals surface area contributed by atoms with Crippen LogP contribution in [0.2, 0.25) is 0 Å². The molecular weight excluding hydrogens is 379 g/mol. The molecule has 2 saturated heterocycles. The van der Waals surface area contributed by atoms with Crippen LogP contribution in [0, 0.1) is 0 Å². The zero-order valence-corrected chi connectivity index (χ0v) is 15.8. The second-order valence-corrected chi connectivity index (χ2v) is 5.77. The molecule has 0 saturated carbocycles. The molecule has 0 amide bonds. The van der Waals surface area contributed by atoms with Gasteiger partial charge in [-0.15, -0.1) is 24.0 Å². The molecular formula is C15H31IN4O. The van der Waals surface area contributed by atoms with Crippen LogP contribution in [-0.4, -0.2) is 62.8 Å². The third-order valence-electron chi connectivity index (χ3n) is 4.38. The van der Waals surface area contributed by atoms with Crippen molar-refractivity contribution in [3.8, 4) is 0 Å². The molecule has 0 spiro atoms. The molecule has 6 heteroatoms. The number of rotatable bonds is 6. The van der Waals surface area contributed by atoms with Gasteiger partial charge >= 0.3 is 0 Å². The van der Waals surface area contributed by atoms with Gasteiger partial charge in [0, 0.05) is 32.8 Å². The highest BCUT2D eigenvalue weighted by Crippen LogP contribution is 2.13. The fraction of sp³-hybridized carbons (Fsp3) is 0.933. The van der Waals surface area contributed by atoms with Crippen LogP contribution in [0.1, 0.15) is 39.0 Å². The minimum absolute atomic E-state index is 0. The molecule has 0 bridgehead atoms. The first kappa shape index (κ1) is 19.0. The topological polar surface area (TPSA) is 48.9 Å². The maximum atomic E-state index is 5.62. The number of likely N-dealkylation sites (tertiary alicyclic amines) is 1. The van der Waals surface area contributed by atoms with E-state index in [2.05, 4.69) is 27.4 Å². The number of guanidine groups is 1. The maximum Gasteiger partial charge on any atom is 0.191 e. The average Bonchev–Trinajstić information content (AvgIpc) is 3.15. The van der Waals surface area contributed by atoms with Crippen LogP contribution in [0.15, 0.2) is 4.99 Å². The predicted octanol–water partition coefficient (Wildman–Crippen LogP) is 1.82. The van der Waals surface area contributed by atoms with Crippen LogP contribution in [0.3, 0.4) is 0 Å². The summed E-state index contributed by atoms with van der Waals surface area (Å²) in [6.45, 7) is 7.52. The number of hydrogen-bond acceptors (Lipinski definition) is 3. The van der Waals surface area contributed by atoms with Gasteiger partial charge in [0.15, 0.2) is 5.96 Å². The van der Waals surface area contributed by atoms with Gasteiger partial charge in [-0.3, -0.25) is 9.89 Å². The summed E-state index contributed by atoms with van der Waals surface area (Å²) < 4.78 is 5.62. The number of hydrogen-bond donors (Lipinski definition) is 2. The van der Waals surface area contributed by atoms with Crippen molar-refractivity contribution in [2.75, 3.05) is 39.8 Å². The minimum atomic E-state index is 0. The molecule has 2 aliphatic heterocycles. The van der Waals surface area contributed by atoms with E-state index in [1.54, 1.807) is 0 Å². The first-order valence-corrected chi connectivity index (χ1v) is 8.13. The van der Waals surface area contributed by atoms with E-state index in [1.807, 2.05) is 7.05 Å². The lowest BCUT2D eigenvalue weighted by atomic mass is 10.2. The Labute approximate surface area is 146 Å². The molecule has 0 aromatic heterocycles. The summed E-state index contributed by atoms with van der Waals surface area (Å²) in [5, 5.41) is 6.84. The fourth-order valence-corrected chi connectivity index (χ4v) is 3.09. The van der Waals surface area contributed by atoms with Crippen LogP contribution >= 0.6 is 24.0 Å². The largest absolute Gasteiger partial charge is 0.376 e. The number of nitrogens with one attached hydrogen (secondary N) is 2. The van der Waals surface area contributed by atoms with E-state index in [0.717, 1.165) is 32.1 Å². The van der Waals surface area contributed by atoms with Crippen LogP contribution < -0.4 is 10.6 Å². The van der Waals surface area contributed by atoms with E-state index in [-0.39, 0.29) is 24.0 Å². The first-order chi connectivity index (χ1) is 9.83. The normalized spacial score (nSPS) is 24.7. The molecule has 0 aromatic carbocycles. The Morgan fingerprint density at radius 3 is 2.62 bits per heavy atom. The van der Waals surface area contributed by atoms with Crippen LogP contribution in [0.4, 0.5) is 0 Å². The van der Waals surface area contributed by atoms with Gasteiger partial charge in [0.1, 0.15) is 0 Å². The summed E-state index contributed by atoms with van der Waals surface area (Å²) in [5.74, 6) is 0.901. The van der Waals surface area contributed by atoms with Crippen molar-refractivity contribution in [3.63, 3.8) is 0 Å². The lowest BCUT2D eigenvalue weighted by Gasteiger charge is -2.27. The van der Waals surface area contributed by atoms with Gasteiger partial charge < -0.3 is 15.4 Å². The summed E-state index contributed by atoms with van der Waals surface area (Å²) >= 11 is 0. The first-order valence-electron chi connectivity index (χ1n) is 8.13. The van der Waals surface area contributed by atoms with Crippen molar-refractivity contribution in [1.82, 2.24) is 15.5 Å². The van der Waals surface area contributed by atoms with Gasteiger partial charge in [-0.2, -0.15) is 0 Å². The number of nitrogens with zero attached hydrogens (tertiary/aromatic N) is 2. The molecule has 0 aromatic rings. The van der Waals surface area contributed by atoms with Crippen molar-refractivity contribution >= 4 is 29.9 Å². The molecule has 21 heavy (non-hydrogen) atoms. The molecule has 2 fully saturated rings. The Kier molecular flexibility index (Phi) is 9.59. The Hall–Kier alpha value is -0.0800.